The zero-order chi connectivity index (χ0) is 46.2. The molecule has 2 aliphatic heterocycles. The number of Topliss-reactive ketones (excluding diaryl/α,β-unsaturated/α-hetero) is 1. The van der Waals surface area contributed by atoms with Crippen molar-refractivity contribution in [3.63, 3.8) is 0 Å². The number of carboxylic acids is 1. The van der Waals surface area contributed by atoms with Crippen LogP contribution in [0.1, 0.15) is 101 Å². The Morgan fingerprint density at radius 1 is 0.823 bits per heavy atom. The fourth-order valence-corrected chi connectivity index (χ4v) is 14.9. The molecule has 0 saturated heterocycles. The van der Waals surface area contributed by atoms with Crippen molar-refractivity contribution in [2.24, 2.45) is 5.92 Å². The van der Waals surface area contributed by atoms with Crippen LogP contribution in [-0.4, -0.2) is 104 Å². The van der Waals surface area contributed by atoms with Crippen LogP contribution < -0.4 is 14.2 Å². The van der Waals surface area contributed by atoms with Crippen molar-refractivity contribution in [1.82, 2.24) is 9.13 Å². The molecule has 0 aromatic heterocycles. The largest absolute Gasteiger partial charge is 0.492 e. The summed E-state index contributed by atoms with van der Waals surface area (Å²) < 4.78 is 35.0. The molecule has 2 heterocycles. The Morgan fingerprint density at radius 3 is 1.90 bits per heavy atom. The molecule has 0 radical (unpaired) electrons. The van der Waals surface area contributed by atoms with Crippen molar-refractivity contribution in [3.05, 3.63) is 76.3 Å². The first kappa shape index (κ1) is 48.5. The molecule has 5 rings (SSSR count). The van der Waals surface area contributed by atoms with Crippen molar-refractivity contribution in [2.75, 3.05) is 19.8 Å². The zero-order valence-corrected chi connectivity index (χ0v) is 41.7. The number of esters is 2. The minimum atomic E-state index is -1.80. The molecule has 1 N–H and O–H groups in total. The number of aliphatic carboxylic acids is 1. The van der Waals surface area contributed by atoms with E-state index in [4.69, 9.17) is 23.7 Å². The molecular weight excluding hydrogens is 821 g/mol. The number of fused-ring (bicyclic) bond motifs is 2. The summed E-state index contributed by atoms with van der Waals surface area (Å²) in [6, 6.07) is 14.1. The average molecular weight is 889 g/mol. The molecule has 0 aliphatic carbocycles. The van der Waals surface area contributed by atoms with Gasteiger partial charge < -0.3 is 37.9 Å². The third-order valence-electron chi connectivity index (χ3n) is 12.2. The molecule has 0 fully saturated rings. The van der Waals surface area contributed by atoms with Gasteiger partial charge in [0.05, 0.1) is 30.2 Å². The van der Waals surface area contributed by atoms with Gasteiger partial charge in [-0.3, -0.25) is 19.2 Å². The number of benzene rings is 3. The second-order valence-electron chi connectivity index (χ2n) is 19.6. The van der Waals surface area contributed by atoms with Gasteiger partial charge in [-0.25, -0.2) is 0 Å². The van der Waals surface area contributed by atoms with E-state index in [-0.39, 0.29) is 23.6 Å². The Labute approximate surface area is 371 Å². The highest BCUT2D eigenvalue weighted by Gasteiger charge is 2.53. The normalized spacial score (nSPS) is 18.9. The molecule has 3 unspecified atom stereocenters. The first-order valence-corrected chi connectivity index (χ1v) is 27.4. The molecule has 12 nitrogen and oxygen atoms in total. The maximum Gasteiger partial charge on any atom is 0.322 e. The molecule has 2 aliphatic rings. The smallest absolute Gasteiger partial charge is 0.322 e. The molecule has 0 saturated carbocycles. The third kappa shape index (κ3) is 10.1. The fourth-order valence-electron chi connectivity index (χ4n) is 9.79. The Hall–Kier alpha value is -4.51. The van der Waals surface area contributed by atoms with Gasteiger partial charge in [-0.05, 0) is 115 Å². The van der Waals surface area contributed by atoms with Gasteiger partial charge in [0, 0.05) is 28.6 Å². The van der Waals surface area contributed by atoms with E-state index in [2.05, 4.69) is 76.9 Å². The molecule has 0 amide bonds. The summed E-state index contributed by atoms with van der Waals surface area (Å²) in [6.07, 6.45) is 0. The minimum absolute atomic E-state index is 0.224. The molecule has 3 aromatic rings. The number of ketones is 1. The first-order chi connectivity index (χ1) is 28.8. The predicted molar refractivity (Wildman–Crippen MR) is 247 cm³/mol. The van der Waals surface area contributed by atoms with E-state index in [1.54, 1.807) is 13.0 Å². The van der Waals surface area contributed by atoms with Crippen LogP contribution in [0, 0.1) is 19.8 Å². The Kier molecular flexibility index (Phi) is 14.6. The van der Waals surface area contributed by atoms with Crippen molar-refractivity contribution >= 4 is 41.6 Å². The number of carboxylic acid groups (broad SMARTS) is 1. The van der Waals surface area contributed by atoms with Crippen LogP contribution >= 0.6 is 0 Å². The van der Waals surface area contributed by atoms with Crippen LogP contribution in [-0.2, 0) is 30.5 Å². The molecule has 338 valence electrons. The third-order valence-corrected chi connectivity index (χ3v) is 16.8. The van der Waals surface area contributed by atoms with Gasteiger partial charge in [0.1, 0.15) is 55.0 Å². The molecule has 0 spiro atoms. The molecular formula is C48H68N2O10Si2. The van der Waals surface area contributed by atoms with Crippen LogP contribution in [0.5, 0.6) is 17.2 Å². The fraction of sp³-hybridized carbons (Fsp3) is 0.542. The molecule has 14 heteroatoms. The van der Waals surface area contributed by atoms with Crippen molar-refractivity contribution in [3.8, 4) is 28.4 Å². The maximum atomic E-state index is 14.9. The van der Waals surface area contributed by atoms with Gasteiger partial charge in [0.15, 0.2) is 0 Å². The lowest BCUT2D eigenvalue weighted by Crippen LogP contribution is -2.58. The molecule has 3 aromatic carbocycles. The second-order valence-corrected chi connectivity index (χ2v) is 25.1. The van der Waals surface area contributed by atoms with E-state index in [0.29, 0.717) is 35.0 Å². The highest BCUT2D eigenvalue weighted by molar-refractivity contribution is 6.53. The lowest BCUT2D eigenvalue weighted by atomic mass is 9.87. The van der Waals surface area contributed by atoms with E-state index in [9.17, 15) is 24.3 Å². The van der Waals surface area contributed by atoms with Crippen molar-refractivity contribution in [1.29, 1.82) is 0 Å². The SMILES string of the molecule is Cc1cc2c(c(C)c1-c1cccc(COc3ccc4c(c3)OC[C@H]4C(C)C(=O)O)c1)C(=O)C(COC(=O)C(C)N([SiH](C)C)C(C)(C)C)(COC(=O)C(C)N([SiH](C)C)C(C)(C)C)O2. The summed E-state index contributed by atoms with van der Waals surface area (Å²) >= 11 is 0. The van der Waals surface area contributed by atoms with Gasteiger partial charge in [-0.1, -0.05) is 57.4 Å². The summed E-state index contributed by atoms with van der Waals surface area (Å²) in [4.78, 5) is 54.2. The van der Waals surface area contributed by atoms with Gasteiger partial charge in [-0.15, -0.1) is 0 Å². The van der Waals surface area contributed by atoms with Crippen LogP contribution in [0.25, 0.3) is 11.1 Å². The molecule has 62 heavy (non-hydrogen) atoms. The zero-order valence-electron chi connectivity index (χ0n) is 39.4. The number of hydrogen-bond donors (Lipinski definition) is 1. The Morgan fingerprint density at radius 2 is 1.39 bits per heavy atom. The number of carbonyl (C=O) groups excluding carboxylic acids is 3. The number of aryl methyl sites for hydroxylation is 1. The summed E-state index contributed by atoms with van der Waals surface area (Å²) in [5, 5.41) is 9.53. The van der Waals surface area contributed by atoms with E-state index in [1.807, 2.05) is 70.2 Å². The van der Waals surface area contributed by atoms with Crippen LogP contribution in [0.3, 0.4) is 0 Å². The number of ether oxygens (including phenoxy) is 5. The van der Waals surface area contributed by atoms with E-state index < -0.39 is 78.4 Å². The van der Waals surface area contributed by atoms with E-state index in [1.165, 1.54) is 0 Å². The Balaban J connectivity index is 1.43. The minimum Gasteiger partial charge on any atom is -0.492 e. The summed E-state index contributed by atoms with van der Waals surface area (Å²) in [6.45, 7) is 30.0. The summed E-state index contributed by atoms with van der Waals surface area (Å²) in [7, 11) is -2.95. The number of carbonyl (C=O) groups is 4. The van der Waals surface area contributed by atoms with Gasteiger partial charge >= 0.3 is 17.9 Å². The van der Waals surface area contributed by atoms with Crippen molar-refractivity contribution < 1.29 is 48.0 Å². The quantitative estimate of drug-likeness (QED) is 0.110. The monoisotopic (exact) mass is 888 g/mol. The highest BCUT2D eigenvalue weighted by Crippen LogP contribution is 2.44. The average Bonchev–Trinajstić information content (AvgIpc) is 3.71. The van der Waals surface area contributed by atoms with E-state index in [0.717, 1.165) is 27.8 Å². The van der Waals surface area contributed by atoms with E-state index >= 15 is 0 Å². The lowest BCUT2D eigenvalue weighted by Gasteiger charge is -2.42. The lowest BCUT2D eigenvalue weighted by molar-refractivity contribution is -0.160. The van der Waals surface area contributed by atoms with Crippen LogP contribution in [0.15, 0.2) is 48.5 Å². The number of hydrogen-bond acceptors (Lipinski definition) is 11. The van der Waals surface area contributed by atoms with Crippen molar-refractivity contribution in [2.45, 2.75) is 144 Å². The van der Waals surface area contributed by atoms with Gasteiger partial charge in [-0.2, -0.15) is 0 Å². The van der Waals surface area contributed by atoms with Crippen LogP contribution in [0.4, 0.5) is 0 Å². The predicted octanol–water partition coefficient (Wildman–Crippen LogP) is 8.09. The van der Waals surface area contributed by atoms with Crippen LogP contribution in [0.2, 0.25) is 26.2 Å². The van der Waals surface area contributed by atoms with Gasteiger partial charge in [0.25, 0.3) is 0 Å². The topological polar surface area (TPSA) is 141 Å². The highest BCUT2D eigenvalue weighted by atomic mass is 28.3. The molecule has 4 atom stereocenters. The first-order valence-electron chi connectivity index (χ1n) is 21.8. The summed E-state index contributed by atoms with van der Waals surface area (Å²) in [5.74, 6) is -1.45. The Bertz CT molecular complexity index is 2130. The number of rotatable bonds is 16. The maximum absolute atomic E-state index is 14.9. The standard InChI is InChI=1S/C48H68N2O10Si2/c1-28-21-39-41(30(3)40(28)34-18-16-17-33(22-34)24-56-35-19-20-36-37(29(2)43(52)53)25-57-38(36)23-35)42(51)48(60-39,26-58-44(54)31(4)49(61(12)13)46(6,7)8)27-59-45(55)32(5)50(62(14)15)47(9,10)11/h16-23,29,31-32,37,61-62H,24-27H2,1-15H3,(H,52,53)/t29?,31?,32?,37-,48?/m0/s1. The summed E-state index contributed by atoms with van der Waals surface area (Å²) in [5.41, 5.74) is 3.03. The van der Waals surface area contributed by atoms with Gasteiger partial charge in [0.2, 0.25) is 11.4 Å². The number of nitrogens with zero attached hydrogens (tertiary/aromatic N) is 2. The molecule has 0 bridgehead atoms. The second kappa shape index (κ2) is 18.7.